The minimum absolute atomic E-state index is 0.245. The molecule has 0 amide bonds. The smallest absolute Gasteiger partial charge is 0.303 e. The monoisotopic (exact) mass is 235 g/mol. The number of H-pyrrole nitrogens is 1. The summed E-state index contributed by atoms with van der Waals surface area (Å²) in [6.45, 7) is 0. The van der Waals surface area contributed by atoms with Crippen molar-refractivity contribution >= 4 is 28.6 Å². The number of hydrogen-bond acceptors (Lipinski definition) is 2. The van der Waals surface area contributed by atoms with Crippen LogP contribution in [0.4, 0.5) is 0 Å². The van der Waals surface area contributed by atoms with Crippen LogP contribution in [0.15, 0.2) is 35.4 Å². The van der Waals surface area contributed by atoms with Gasteiger partial charge in [0.2, 0.25) is 0 Å². The molecule has 1 aromatic heterocycles. The summed E-state index contributed by atoms with van der Waals surface area (Å²) in [5.41, 5.74) is 1.13. The van der Waals surface area contributed by atoms with Gasteiger partial charge < -0.3 is 10.1 Å². The average molecular weight is 235 g/mol. The summed E-state index contributed by atoms with van der Waals surface area (Å²) in [5.74, 6) is 0.119. The summed E-state index contributed by atoms with van der Waals surface area (Å²) in [7, 11) is 0. The van der Waals surface area contributed by atoms with Crippen molar-refractivity contribution in [2.45, 2.75) is 17.7 Å². The third-order valence-electron chi connectivity index (χ3n) is 2.34. The highest BCUT2D eigenvalue weighted by molar-refractivity contribution is 7.99. The van der Waals surface area contributed by atoms with Gasteiger partial charge in [-0.05, 0) is 18.2 Å². The van der Waals surface area contributed by atoms with E-state index >= 15 is 0 Å². The SMILES string of the molecule is O=C(O)CCCSc1c[nH]c2ccccc12. The summed E-state index contributed by atoms with van der Waals surface area (Å²) in [4.78, 5) is 14.8. The van der Waals surface area contributed by atoms with Crippen molar-refractivity contribution in [2.24, 2.45) is 0 Å². The Hall–Kier alpha value is -1.42. The number of fused-ring (bicyclic) bond motifs is 1. The number of carboxylic acid groups (broad SMARTS) is 1. The maximum atomic E-state index is 10.4. The van der Waals surface area contributed by atoms with Crippen molar-refractivity contribution in [3.63, 3.8) is 0 Å². The Morgan fingerprint density at radius 3 is 3.00 bits per heavy atom. The van der Waals surface area contributed by atoms with E-state index < -0.39 is 5.97 Å². The molecule has 0 atom stereocenters. The minimum Gasteiger partial charge on any atom is -0.481 e. The molecule has 0 fully saturated rings. The second kappa shape index (κ2) is 5.07. The van der Waals surface area contributed by atoms with Crippen LogP contribution in [0.1, 0.15) is 12.8 Å². The fraction of sp³-hybridized carbons (Fsp3) is 0.250. The fourth-order valence-corrected chi connectivity index (χ4v) is 2.55. The number of carboxylic acids is 1. The lowest BCUT2D eigenvalue weighted by Crippen LogP contribution is -1.94. The summed E-state index contributed by atoms with van der Waals surface area (Å²) in [6.07, 6.45) is 2.94. The number of para-hydroxylation sites is 1. The summed E-state index contributed by atoms with van der Waals surface area (Å²) >= 11 is 1.70. The number of nitrogens with one attached hydrogen (secondary N) is 1. The first-order valence-corrected chi connectivity index (χ1v) is 6.16. The average Bonchev–Trinajstić information content (AvgIpc) is 2.68. The van der Waals surface area contributed by atoms with Gasteiger partial charge in [-0.2, -0.15) is 0 Å². The van der Waals surface area contributed by atoms with Crippen molar-refractivity contribution in [3.05, 3.63) is 30.5 Å². The Balaban J connectivity index is 1.97. The number of aromatic nitrogens is 1. The van der Waals surface area contributed by atoms with Crippen LogP contribution in [-0.2, 0) is 4.79 Å². The number of carbonyl (C=O) groups is 1. The molecule has 0 unspecified atom stereocenters. The van der Waals surface area contributed by atoms with Crippen molar-refractivity contribution in [3.8, 4) is 0 Å². The lowest BCUT2D eigenvalue weighted by molar-refractivity contribution is -0.137. The van der Waals surface area contributed by atoms with E-state index in [0.717, 1.165) is 11.3 Å². The van der Waals surface area contributed by atoms with Crippen LogP contribution in [0, 0.1) is 0 Å². The van der Waals surface area contributed by atoms with E-state index in [4.69, 9.17) is 5.11 Å². The second-order valence-electron chi connectivity index (χ2n) is 3.54. The first-order valence-electron chi connectivity index (χ1n) is 5.18. The van der Waals surface area contributed by atoms with E-state index in [1.165, 1.54) is 10.3 Å². The molecule has 0 aliphatic carbocycles. The van der Waals surface area contributed by atoms with Crippen LogP contribution in [0.5, 0.6) is 0 Å². The summed E-state index contributed by atoms with van der Waals surface area (Å²) in [5, 5.41) is 9.74. The lowest BCUT2D eigenvalue weighted by Gasteiger charge is -1.98. The largest absolute Gasteiger partial charge is 0.481 e. The quantitative estimate of drug-likeness (QED) is 0.618. The van der Waals surface area contributed by atoms with Crippen molar-refractivity contribution in [2.75, 3.05) is 5.75 Å². The third-order valence-corrected chi connectivity index (χ3v) is 3.49. The van der Waals surface area contributed by atoms with Crippen molar-refractivity contribution in [1.29, 1.82) is 0 Å². The van der Waals surface area contributed by atoms with E-state index in [0.29, 0.717) is 6.42 Å². The van der Waals surface area contributed by atoms with Gasteiger partial charge in [0.1, 0.15) is 0 Å². The molecule has 2 N–H and O–H groups in total. The summed E-state index contributed by atoms with van der Waals surface area (Å²) in [6, 6.07) is 8.12. The molecule has 1 heterocycles. The third kappa shape index (κ3) is 2.58. The first kappa shape index (κ1) is 11.1. The topological polar surface area (TPSA) is 53.1 Å². The van der Waals surface area contributed by atoms with Gasteiger partial charge in [0.15, 0.2) is 0 Å². The molecule has 0 aliphatic rings. The predicted octanol–water partition coefficient (Wildman–Crippen LogP) is 3.12. The molecule has 0 saturated heterocycles. The second-order valence-corrected chi connectivity index (χ2v) is 4.68. The zero-order chi connectivity index (χ0) is 11.4. The van der Waals surface area contributed by atoms with Gasteiger partial charge in [-0.25, -0.2) is 0 Å². The number of hydrogen-bond donors (Lipinski definition) is 2. The fourth-order valence-electron chi connectivity index (χ4n) is 1.57. The Morgan fingerprint density at radius 2 is 2.19 bits per heavy atom. The van der Waals surface area contributed by atoms with E-state index in [1.807, 2.05) is 24.4 Å². The first-order chi connectivity index (χ1) is 7.77. The molecule has 16 heavy (non-hydrogen) atoms. The highest BCUT2D eigenvalue weighted by Crippen LogP contribution is 2.28. The van der Waals surface area contributed by atoms with Gasteiger partial charge in [-0.3, -0.25) is 4.79 Å². The Bertz CT molecular complexity index is 492. The number of thioether (sulfide) groups is 1. The number of rotatable bonds is 5. The highest BCUT2D eigenvalue weighted by Gasteiger charge is 2.03. The number of aromatic amines is 1. The maximum absolute atomic E-state index is 10.4. The number of aliphatic carboxylic acids is 1. The molecule has 0 spiro atoms. The maximum Gasteiger partial charge on any atom is 0.303 e. The van der Waals surface area contributed by atoms with Crippen molar-refractivity contribution in [1.82, 2.24) is 4.98 Å². The number of benzene rings is 1. The van der Waals surface area contributed by atoms with E-state index in [-0.39, 0.29) is 6.42 Å². The molecular weight excluding hydrogens is 222 g/mol. The molecule has 1 aromatic carbocycles. The van der Waals surface area contributed by atoms with E-state index in [1.54, 1.807) is 11.8 Å². The molecule has 0 bridgehead atoms. The Kier molecular flexibility index (Phi) is 3.51. The van der Waals surface area contributed by atoms with Gasteiger partial charge >= 0.3 is 5.97 Å². The molecule has 3 nitrogen and oxygen atoms in total. The van der Waals surface area contributed by atoms with Crippen LogP contribution in [0.25, 0.3) is 10.9 Å². The van der Waals surface area contributed by atoms with E-state index in [2.05, 4.69) is 11.1 Å². The van der Waals surface area contributed by atoms with Crippen LogP contribution >= 0.6 is 11.8 Å². The molecular formula is C12H13NO2S. The standard InChI is InChI=1S/C12H13NO2S/c14-12(15)6-3-7-16-11-8-13-10-5-2-1-4-9(10)11/h1-2,4-5,8,13H,3,6-7H2,(H,14,15). The zero-order valence-corrected chi connectivity index (χ0v) is 9.59. The molecule has 84 valence electrons. The molecule has 2 rings (SSSR count). The van der Waals surface area contributed by atoms with Gasteiger partial charge in [-0.15, -0.1) is 11.8 Å². The van der Waals surface area contributed by atoms with Gasteiger partial charge in [0, 0.05) is 28.4 Å². The molecule has 4 heteroatoms. The van der Waals surface area contributed by atoms with E-state index in [9.17, 15) is 4.79 Å². The normalized spacial score (nSPS) is 10.8. The molecule has 0 saturated carbocycles. The Labute approximate surface area is 97.9 Å². The molecule has 2 aromatic rings. The Morgan fingerprint density at radius 1 is 1.38 bits per heavy atom. The van der Waals surface area contributed by atoms with Gasteiger partial charge in [0.25, 0.3) is 0 Å². The summed E-state index contributed by atoms with van der Waals surface area (Å²) < 4.78 is 0. The van der Waals surface area contributed by atoms with Crippen LogP contribution in [-0.4, -0.2) is 21.8 Å². The van der Waals surface area contributed by atoms with Crippen LogP contribution in [0.3, 0.4) is 0 Å². The molecule has 0 radical (unpaired) electrons. The van der Waals surface area contributed by atoms with Gasteiger partial charge in [-0.1, -0.05) is 18.2 Å². The minimum atomic E-state index is -0.723. The predicted molar refractivity (Wildman–Crippen MR) is 65.9 cm³/mol. The molecule has 0 aliphatic heterocycles. The van der Waals surface area contributed by atoms with Gasteiger partial charge in [0.05, 0.1) is 0 Å². The van der Waals surface area contributed by atoms with Crippen molar-refractivity contribution < 1.29 is 9.90 Å². The lowest BCUT2D eigenvalue weighted by atomic mass is 10.2. The van der Waals surface area contributed by atoms with Crippen LogP contribution in [0.2, 0.25) is 0 Å². The zero-order valence-electron chi connectivity index (χ0n) is 8.77. The highest BCUT2D eigenvalue weighted by atomic mass is 32.2. The van der Waals surface area contributed by atoms with Crippen LogP contribution < -0.4 is 0 Å².